The Bertz CT molecular complexity index is 1430. The van der Waals surface area contributed by atoms with E-state index in [9.17, 15) is 32.7 Å². The molecule has 0 fully saturated rings. The van der Waals surface area contributed by atoms with Crippen molar-refractivity contribution in [1.29, 1.82) is 0 Å². The van der Waals surface area contributed by atoms with Gasteiger partial charge >= 0.3 is 18.2 Å². The monoisotopic (exact) mass is 564 g/mol. The third-order valence-corrected chi connectivity index (χ3v) is 6.90. The highest BCUT2D eigenvalue weighted by Gasteiger charge is 2.50. The van der Waals surface area contributed by atoms with Crippen molar-refractivity contribution in [1.82, 2.24) is 0 Å². The Morgan fingerprint density at radius 2 is 1.63 bits per heavy atom. The van der Waals surface area contributed by atoms with E-state index >= 15 is 0 Å². The number of benzene rings is 3. The molecule has 1 unspecified atom stereocenters. The van der Waals surface area contributed by atoms with Crippen LogP contribution in [0.3, 0.4) is 0 Å². The van der Waals surface area contributed by atoms with Gasteiger partial charge in [-0.05, 0) is 54.3 Å². The van der Waals surface area contributed by atoms with E-state index in [0.29, 0.717) is 38.1 Å². The first-order valence-electron chi connectivity index (χ1n) is 11.4. The molecule has 198 valence electrons. The number of alkyl halides is 3. The molecule has 1 atom stereocenters. The standard InChI is InChI=1S/C27H21Cl2F3N2O4/c28-17-2-1-3-18(11-17)33-25(38)34-19-5-7-20(22(29)12-19)15-4-6-21-16(10-15)8-9-26(24(21)37,13-23(35)36)14-27(30,31)32/h1-7,10-12H,8-9,13-14H2,(H,35,36)(H2,33,34,38). The van der Waals surface area contributed by atoms with E-state index in [1.54, 1.807) is 54.6 Å². The summed E-state index contributed by atoms with van der Waals surface area (Å²) >= 11 is 12.4. The van der Waals surface area contributed by atoms with Crippen LogP contribution in [0.25, 0.3) is 11.1 Å². The van der Waals surface area contributed by atoms with Gasteiger partial charge < -0.3 is 15.7 Å². The van der Waals surface area contributed by atoms with Crippen LogP contribution in [0.15, 0.2) is 60.7 Å². The number of aliphatic carboxylic acids is 1. The first-order valence-corrected chi connectivity index (χ1v) is 12.2. The van der Waals surface area contributed by atoms with Crippen molar-refractivity contribution < 1.29 is 32.7 Å². The summed E-state index contributed by atoms with van der Waals surface area (Å²) in [6.45, 7) is 0. The minimum atomic E-state index is -4.68. The predicted molar refractivity (Wildman–Crippen MR) is 139 cm³/mol. The number of carboxylic acids is 1. The van der Waals surface area contributed by atoms with Gasteiger partial charge in [-0.1, -0.05) is 53.5 Å². The van der Waals surface area contributed by atoms with E-state index in [-0.39, 0.29) is 18.4 Å². The number of amides is 2. The number of urea groups is 1. The van der Waals surface area contributed by atoms with E-state index in [4.69, 9.17) is 23.2 Å². The fraction of sp³-hybridized carbons (Fsp3) is 0.222. The molecule has 0 bridgehead atoms. The molecule has 3 aromatic carbocycles. The topological polar surface area (TPSA) is 95.5 Å². The highest BCUT2D eigenvalue weighted by molar-refractivity contribution is 6.33. The lowest BCUT2D eigenvalue weighted by atomic mass is 9.66. The highest BCUT2D eigenvalue weighted by atomic mass is 35.5. The van der Waals surface area contributed by atoms with Crippen molar-refractivity contribution in [3.8, 4) is 11.1 Å². The Hall–Kier alpha value is -3.56. The number of carbonyl (C=O) groups is 3. The number of anilines is 2. The zero-order valence-corrected chi connectivity index (χ0v) is 21.2. The van der Waals surface area contributed by atoms with Gasteiger partial charge in [-0.15, -0.1) is 0 Å². The summed E-state index contributed by atoms with van der Waals surface area (Å²) in [6.07, 6.45) is -7.18. The molecule has 0 aliphatic heterocycles. The van der Waals surface area contributed by atoms with Crippen molar-refractivity contribution in [3.05, 3.63) is 81.8 Å². The summed E-state index contributed by atoms with van der Waals surface area (Å²) in [5.41, 5.74) is 0.696. The van der Waals surface area contributed by atoms with Crippen LogP contribution in [0.2, 0.25) is 10.0 Å². The molecule has 4 rings (SSSR count). The second-order valence-corrected chi connectivity index (χ2v) is 9.97. The zero-order valence-electron chi connectivity index (χ0n) is 19.7. The molecular formula is C27H21Cl2F3N2O4. The maximum absolute atomic E-state index is 13.3. The molecule has 38 heavy (non-hydrogen) atoms. The summed E-state index contributed by atoms with van der Waals surface area (Å²) in [4.78, 5) is 36.8. The summed E-state index contributed by atoms with van der Waals surface area (Å²) in [6, 6.07) is 15.6. The first kappa shape index (κ1) is 27.5. The number of fused-ring (bicyclic) bond motifs is 1. The van der Waals surface area contributed by atoms with E-state index in [0.717, 1.165) is 0 Å². The fourth-order valence-corrected chi connectivity index (χ4v) is 5.20. The van der Waals surface area contributed by atoms with Crippen LogP contribution in [0.4, 0.5) is 29.3 Å². The summed E-state index contributed by atoms with van der Waals surface area (Å²) in [5, 5.41) is 15.3. The van der Waals surface area contributed by atoms with Gasteiger partial charge in [-0.2, -0.15) is 13.2 Å². The normalized spacial score (nSPS) is 17.0. The molecule has 3 N–H and O–H groups in total. The van der Waals surface area contributed by atoms with Crippen molar-refractivity contribution in [3.63, 3.8) is 0 Å². The molecule has 1 aliphatic rings. The number of carboxylic acid groups (broad SMARTS) is 1. The van der Waals surface area contributed by atoms with E-state index in [1.807, 2.05) is 0 Å². The van der Waals surface area contributed by atoms with E-state index < -0.39 is 42.2 Å². The number of halogens is 5. The minimum Gasteiger partial charge on any atom is -0.481 e. The lowest BCUT2D eigenvalue weighted by Crippen LogP contribution is -2.41. The molecule has 1 aliphatic carbocycles. The molecule has 2 amide bonds. The van der Waals surface area contributed by atoms with Crippen LogP contribution >= 0.6 is 23.2 Å². The van der Waals surface area contributed by atoms with Gasteiger partial charge in [-0.3, -0.25) is 9.59 Å². The largest absolute Gasteiger partial charge is 0.481 e. The van der Waals surface area contributed by atoms with Crippen LogP contribution in [0.1, 0.15) is 35.2 Å². The number of carbonyl (C=O) groups excluding carboxylic acids is 2. The third kappa shape index (κ3) is 6.28. The van der Waals surface area contributed by atoms with Crippen LogP contribution in [-0.2, 0) is 11.2 Å². The Kier molecular flexibility index (Phi) is 7.71. The maximum Gasteiger partial charge on any atom is 0.390 e. The molecule has 3 aromatic rings. The second kappa shape index (κ2) is 10.7. The average molecular weight is 565 g/mol. The number of hydrogen-bond acceptors (Lipinski definition) is 3. The predicted octanol–water partition coefficient (Wildman–Crippen LogP) is 7.85. The van der Waals surface area contributed by atoms with E-state index in [1.165, 1.54) is 6.07 Å². The molecule has 0 heterocycles. The lowest BCUT2D eigenvalue weighted by Gasteiger charge is -2.36. The van der Waals surface area contributed by atoms with Crippen LogP contribution < -0.4 is 10.6 Å². The van der Waals surface area contributed by atoms with Crippen LogP contribution in [-0.4, -0.2) is 29.1 Å². The molecule has 6 nitrogen and oxygen atoms in total. The SMILES string of the molecule is O=C(O)CC1(CC(F)(F)F)CCc2cc(-c3ccc(NC(=O)Nc4cccc(Cl)c4)cc3Cl)ccc2C1=O. The van der Waals surface area contributed by atoms with Gasteiger partial charge in [-0.25, -0.2) is 4.79 Å². The number of Topliss-reactive ketones (excluding diaryl/α,β-unsaturated/α-hetero) is 1. The van der Waals surface area contributed by atoms with Gasteiger partial charge in [0.1, 0.15) is 0 Å². The molecule has 0 saturated carbocycles. The quantitative estimate of drug-likeness (QED) is 0.284. The van der Waals surface area contributed by atoms with Gasteiger partial charge in [0.25, 0.3) is 0 Å². The highest BCUT2D eigenvalue weighted by Crippen LogP contribution is 2.46. The van der Waals surface area contributed by atoms with Crippen molar-refractivity contribution in [2.24, 2.45) is 5.41 Å². The first-order chi connectivity index (χ1) is 17.8. The van der Waals surface area contributed by atoms with Crippen LogP contribution in [0.5, 0.6) is 0 Å². The number of hydrogen-bond donors (Lipinski definition) is 3. The molecule has 0 aromatic heterocycles. The minimum absolute atomic E-state index is 0.0811. The number of rotatable bonds is 6. The van der Waals surface area contributed by atoms with Gasteiger partial charge in [0.15, 0.2) is 5.78 Å². The number of nitrogens with one attached hydrogen (secondary N) is 2. The summed E-state index contributed by atoms with van der Waals surface area (Å²) < 4.78 is 39.8. The lowest BCUT2D eigenvalue weighted by molar-refractivity contribution is -0.160. The number of aryl methyl sites for hydroxylation is 1. The smallest absolute Gasteiger partial charge is 0.390 e. The second-order valence-electron chi connectivity index (χ2n) is 9.13. The Balaban J connectivity index is 1.54. The molecule has 0 spiro atoms. The Labute approximate surface area is 225 Å². The summed E-state index contributed by atoms with van der Waals surface area (Å²) in [7, 11) is 0. The van der Waals surface area contributed by atoms with Crippen molar-refractivity contribution in [2.75, 3.05) is 10.6 Å². The Morgan fingerprint density at radius 3 is 2.26 bits per heavy atom. The number of ketones is 1. The van der Waals surface area contributed by atoms with Gasteiger partial charge in [0.2, 0.25) is 0 Å². The molecule has 0 saturated heterocycles. The maximum atomic E-state index is 13.3. The molecular weight excluding hydrogens is 544 g/mol. The molecule has 0 radical (unpaired) electrons. The van der Waals surface area contributed by atoms with Gasteiger partial charge in [0.05, 0.1) is 23.3 Å². The van der Waals surface area contributed by atoms with Crippen molar-refractivity contribution >= 4 is 52.4 Å². The van der Waals surface area contributed by atoms with Crippen molar-refractivity contribution in [2.45, 2.75) is 31.9 Å². The van der Waals surface area contributed by atoms with Gasteiger partial charge in [0, 0.05) is 27.5 Å². The molecule has 11 heteroatoms. The van der Waals surface area contributed by atoms with Crippen LogP contribution in [0, 0.1) is 5.41 Å². The average Bonchev–Trinajstić information content (AvgIpc) is 2.80. The summed E-state index contributed by atoms with van der Waals surface area (Å²) in [5.74, 6) is -2.27. The van der Waals surface area contributed by atoms with E-state index in [2.05, 4.69) is 10.6 Å². The third-order valence-electron chi connectivity index (χ3n) is 6.35. The zero-order chi connectivity index (χ0) is 27.7. The Morgan fingerprint density at radius 1 is 0.947 bits per heavy atom. The fourth-order valence-electron chi connectivity index (χ4n) is 4.72.